The molecule has 0 atom stereocenters. The van der Waals surface area contributed by atoms with Crippen LogP contribution in [0.15, 0.2) is 48.5 Å². The molecular weight excluding hydrogens is 356 g/mol. The number of benzene rings is 2. The van der Waals surface area contributed by atoms with E-state index in [1.807, 2.05) is 36.4 Å². The Hall–Kier alpha value is -2.57. The zero-order valence-electron chi connectivity index (χ0n) is 14.1. The first kappa shape index (κ1) is 19.8. The normalized spacial score (nSPS) is 11.9. The van der Waals surface area contributed by atoms with E-state index in [-0.39, 0.29) is 38.0 Å². The number of hydrogen-bond acceptors (Lipinski definition) is 4. The molecule has 2 aromatic carbocycles. The Morgan fingerprint density at radius 1 is 1.04 bits per heavy atom. The van der Waals surface area contributed by atoms with Gasteiger partial charge in [-0.3, -0.25) is 9.69 Å². The number of carbonyl (C=O) groups is 2. The highest BCUT2D eigenvalue weighted by Crippen LogP contribution is 2.44. The second-order valence-corrected chi connectivity index (χ2v) is 5.91. The third-order valence-corrected chi connectivity index (χ3v) is 4.32. The summed E-state index contributed by atoms with van der Waals surface area (Å²) in [5.74, 6) is -1.15. The Morgan fingerprint density at radius 3 is 2.08 bits per heavy atom. The summed E-state index contributed by atoms with van der Waals surface area (Å²) in [6.45, 7) is 0.0574. The fourth-order valence-electron chi connectivity index (χ4n) is 3.24. The summed E-state index contributed by atoms with van der Waals surface area (Å²) in [5.41, 5.74) is 9.95. The average Bonchev–Trinajstić information content (AvgIpc) is 2.93. The maximum atomic E-state index is 12.2. The maximum Gasteiger partial charge on any atom is 0.410 e. The molecule has 0 aliphatic heterocycles. The third kappa shape index (κ3) is 3.98. The molecule has 0 heterocycles. The molecule has 0 radical (unpaired) electrons. The molecule has 0 spiro atoms. The highest BCUT2D eigenvalue weighted by atomic mass is 35.5. The molecule has 26 heavy (non-hydrogen) atoms. The summed E-state index contributed by atoms with van der Waals surface area (Å²) in [6, 6.07) is 16.1. The van der Waals surface area contributed by atoms with Crippen LogP contribution in [-0.4, -0.2) is 48.3 Å². The van der Waals surface area contributed by atoms with Crippen LogP contribution >= 0.6 is 12.4 Å². The van der Waals surface area contributed by atoms with Gasteiger partial charge in [-0.1, -0.05) is 48.5 Å². The fraction of sp³-hybridized carbons (Fsp3) is 0.263. The molecule has 2 aromatic rings. The van der Waals surface area contributed by atoms with E-state index in [9.17, 15) is 9.59 Å². The molecule has 0 saturated carbocycles. The summed E-state index contributed by atoms with van der Waals surface area (Å²) in [6.07, 6.45) is -0.658. The van der Waals surface area contributed by atoms with Gasteiger partial charge in [-0.05, 0) is 22.3 Å². The van der Waals surface area contributed by atoms with Crippen LogP contribution in [0.5, 0.6) is 0 Å². The molecule has 1 aliphatic carbocycles. The van der Waals surface area contributed by atoms with E-state index in [1.54, 1.807) is 0 Å². The average molecular weight is 377 g/mol. The van der Waals surface area contributed by atoms with E-state index in [4.69, 9.17) is 15.6 Å². The lowest BCUT2D eigenvalue weighted by atomic mass is 9.98. The molecule has 3 N–H and O–H groups in total. The number of fused-ring (bicyclic) bond motifs is 3. The van der Waals surface area contributed by atoms with Gasteiger partial charge in [0.25, 0.3) is 0 Å². The summed E-state index contributed by atoms with van der Waals surface area (Å²) in [5, 5.41) is 8.91. The highest BCUT2D eigenvalue weighted by Gasteiger charge is 2.29. The van der Waals surface area contributed by atoms with Gasteiger partial charge in [-0.25, -0.2) is 4.79 Å². The van der Waals surface area contributed by atoms with Crippen LogP contribution in [0.25, 0.3) is 11.1 Å². The fourth-order valence-corrected chi connectivity index (χ4v) is 3.24. The first-order valence-corrected chi connectivity index (χ1v) is 8.13. The Labute approximate surface area is 158 Å². The summed E-state index contributed by atoms with van der Waals surface area (Å²) in [7, 11) is 0. The highest BCUT2D eigenvalue weighted by molar-refractivity contribution is 5.85. The van der Waals surface area contributed by atoms with Crippen molar-refractivity contribution in [3.63, 3.8) is 0 Å². The number of carbonyl (C=O) groups excluding carboxylic acids is 1. The summed E-state index contributed by atoms with van der Waals surface area (Å²) in [4.78, 5) is 24.2. The van der Waals surface area contributed by atoms with E-state index in [0.717, 1.165) is 27.2 Å². The Morgan fingerprint density at radius 2 is 1.58 bits per heavy atom. The lowest BCUT2D eigenvalue weighted by molar-refractivity contribution is -0.138. The van der Waals surface area contributed by atoms with Crippen LogP contribution in [0, 0.1) is 0 Å². The Kier molecular flexibility index (Phi) is 6.60. The molecule has 0 unspecified atom stereocenters. The topological polar surface area (TPSA) is 92.9 Å². The van der Waals surface area contributed by atoms with Gasteiger partial charge in [-0.2, -0.15) is 0 Å². The largest absolute Gasteiger partial charge is 0.480 e. The zero-order chi connectivity index (χ0) is 17.8. The quantitative estimate of drug-likeness (QED) is 0.808. The molecule has 1 amide bonds. The van der Waals surface area contributed by atoms with Gasteiger partial charge in [0.1, 0.15) is 13.2 Å². The molecule has 0 saturated heterocycles. The van der Waals surface area contributed by atoms with Gasteiger partial charge in [0, 0.05) is 19.0 Å². The second kappa shape index (κ2) is 8.69. The van der Waals surface area contributed by atoms with E-state index in [2.05, 4.69) is 12.1 Å². The number of carboxylic acids is 1. The number of rotatable bonds is 6. The molecule has 0 bridgehead atoms. The van der Waals surface area contributed by atoms with Crippen LogP contribution in [0.4, 0.5) is 4.79 Å². The predicted octanol–water partition coefficient (Wildman–Crippen LogP) is 2.70. The molecule has 1 aliphatic rings. The monoisotopic (exact) mass is 376 g/mol. The van der Waals surface area contributed by atoms with Gasteiger partial charge in [0.2, 0.25) is 0 Å². The van der Waals surface area contributed by atoms with Crippen LogP contribution in [0.1, 0.15) is 17.0 Å². The lowest BCUT2D eigenvalue weighted by Gasteiger charge is -2.21. The lowest BCUT2D eigenvalue weighted by Crippen LogP contribution is -2.39. The van der Waals surface area contributed by atoms with Crippen molar-refractivity contribution >= 4 is 24.5 Å². The maximum absolute atomic E-state index is 12.2. The van der Waals surface area contributed by atoms with Crippen LogP contribution < -0.4 is 5.73 Å². The minimum absolute atomic E-state index is 0. The molecule has 0 fully saturated rings. The Balaban J connectivity index is 0.00000243. The molecule has 138 valence electrons. The van der Waals surface area contributed by atoms with Gasteiger partial charge >= 0.3 is 12.1 Å². The number of nitrogens with two attached hydrogens (primary N) is 1. The number of nitrogens with zero attached hydrogens (tertiary/aromatic N) is 1. The van der Waals surface area contributed by atoms with E-state index >= 15 is 0 Å². The van der Waals surface area contributed by atoms with Crippen molar-refractivity contribution in [2.24, 2.45) is 5.73 Å². The predicted molar refractivity (Wildman–Crippen MR) is 101 cm³/mol. The van der Waals surface area contributed by atoms with E-state index in [0.29, 0.717) is 0 Å². The molecule has 3 rings (SSSR count). The SMILES string of the molecule is Cl.NCCN(CC(=O)O)C(=O)OCC1c2ccccc2-c2ccccc21. The first-order valence-electron chi connectivity index (χ1n) is 8.13. The Bertz CT molecular complexity index is 751. The minimum Gasteiger partial charge on any atom is -0.480 e. The van der Waals surface area contributed by atoms with Crippen LogP contribution in [-0.2, 0) is 9.53 Å². The summed E-state index contributed by atoms with van der Waals surface area (Å²) < 4.78 is 5.42. The van der Waals surface area contributed by atoms with Crippen LogP contribution in [0.3, 0.4) is 0 Å². The van der Waals surface area contributed by atoms with Crippen molar-refractivity contribution < 1.29 is 19.4 Å². The van der Waals surface area contributed by atoms with Crippen LogP contribution in [0.2, 0.25) is 0 Å². The van der Waals surface area contributed by atoms with Crippen molar-refractivity contribution in [1.29, 1.82) is 0 Å². The minimum atomic E-state index is -1.10. The standard InChI is InChI=1S/C19H20N2O4.ClH/c20-9-10-21(11-18(22)23)19(24)25-12-17-15-7-3-1-5-13(15)14-6-2-4-8-16(14)17;/h1-8,17H,9-12,20H2,(H,22,23);1H. The number of hydrogen-bond donors (Lipinski definition) is 2. The van der Waals surface area contributed by atoms with E-state index in [1.165, 1.54) is 0 Å². The smallest absolute Gasteiger partial charge is 0.410 e. The summed E-state index contributed by atoms with van der Waals surface area (Å²) >= 11 is 0. The van der Waals surface area contributed by atoms with Crippen molar-refractivity contribution in [3.8, 4) is 11.1 Å². The number of amides is 1. The number of carboxylic acid groups (broad SMARTS) is 1. The molecule has 6 nitrogen and oxygen atoms in total. The van der Waals surface area contributed by atoms with E-state index < -0.39 is 18.6 Å². The van der Waals surface area contributed by atoms with Crippen molar-refractivity contribution in [1.82, 2.24) is 4.90 Å². The number of ether oxygens (including phenoxy) is 1. The van der Waals surface area contributed by atoms with Crippen molar-refractivity contribution in [3.05, 3.63) is 59.7 Å². The molecular formula is C19H21ClN2O4. The van der Waals surface area contributed by atoms with Gasteiger partial charge in [0.15, 0.2) is 0 Å². The van der Waals surface area contributed by atoms with Crippen molar-refractivity contribution in [2.75, 3.05) is 26.2 Å². The van der Waals surface area contributed by atoms with Crippen molar-refractivity contribution in [2.45, 2.75) is 5.92 Å². The van der Waals surface area contributed by atoms with Gasteiger partial charge in [0.05, 0.1) is 0 Å². The number of halogens is 1. The number of aliphatic carboxylic acids is 1. The second-order valence-electron chi connectivity index (χ2n) is 5.91. The van der Waals surface area contributed by atoms with Gasteiger partial charge < -0.3 is 15.6 Å². The first-order chi connectivity index (χ1) is 12.1. The zero-order valence-corrected chi connectivity index (χ0v) is 14.9. The molecule has 0 aromatic heterocycles. The molecule has 7 heteroatoms. The third-order valence-electron chi connectivity index (χ3n) is 4.32. The van der Waals surface area contributed by atoms with Gasteiger partial charge in [-0.15, -0.1) is 12.4 Å².